The number of carbonyl (C=O) groups excluding carboxylic acids is 1. The van der Waals surface area contributed by atoms with Crippen LogP contribution in [0.15, 0.2) is 69.5 Å². The Hall–Kier alpha value is -3.08. The number of ether oxygens (including phenoxy) is 1. The van der Waals surface area contributed by atoms with Gasteiger partial charge in [-0.25, -0.2) is 15.0 Å². The van der Waals surface area contributed by atoms with Gasteiger partial charge in [0.05, 0.1) is 16.8 Å². The van der Waals surface area contributed by atoms with Crippen molar-refractivity contribution in [3.05, 3.63) is 75.7 Å². The van der Waals surface area contributed by atoms with E-state index in [0.29, 0.717) is 10.7 Å². The third kappa shape index (κ3) is 4.09. The summed E-state index contributed by atoms with van der Waals surface area (Å²) < 4.78 is 6.79. The summed E-state index contributed by atoms with van der Waals surface area (Å²) in [6.07, 6.45) is 3.17. The van der Waals surface area contributed by atoms with Crippen LogP contribution in [0.3, 0.4) is 0 Å². The van der Waals surface area contributed by atoms with Gasteiger partial charge in [0.25, 0.3) is 5.56 Å². The standard InChI is InChI=1S/C21H14N4O3S3/c26-16-8-14(24-21-25(16)6-7-29-21)9-28-17(27)11-31-20-18-15(13-4-2-1-3-5-13)10-30-19(18)22-12-23-20/h1-8,10,12H,9,11H2. The predicted octanol–water partition coefficient (Wildman–Crippen LogP) is 4.26. The molecule has 5 rings (SSSR count). The highest BCUT2D eigenvalue weighted by Crippen LogP contribution is 2.37. The van der Waals surface area contributed by atoms with E-state index in [1.807, 2.05) is 30.3 Å². The molecule has 0 atom stereocenters. The molecule has 4 heterocycles. The van der Waals surface area contributed by atoms with E-state index >= 15 is 0 Å². The minimum atomic E-state index is -0.401. The Morgan fingerprint density at radius 1 is 1.16 bits per heavy atom. The number of thioether (sulfide) groups is 1. The van der Waals surface area contributed by atoms with Gasteiger partial charge in [-0.2, -0.15) is 0 Å². The largest absolute Gasteiger partial charge is 0.459 e. The highest BCUT2D eigenvalue weighted by molar-refractivity contribution is 8.00. The lowest BCUT2D eigenvalue weighted by molar-refractivity contribution is -0.141. The summed E-state index contributed by atoms with van der Waals surface area (Å²) >= 11 is 4.21. The van der Waals surface area contributed by atoms with Gasteiger partial charge in [0, 0.05) is 28.6 Å². The van der Waals surface area contributed by atoms with Crippen molar-refractivity contribution in [2.75, 3.05) is 5.75 Å². The maximum absolute atomic E-state index is 12.3. The number of nitrogens with zero attached hydrogens (tertiary/aromatic N) is 4. The molecule has 0 spiro atoms. The number of aromatic nitrogens is 4. The zero-order valence-corrected chi connectivity index (χ0v) is 18.4. The molecule has 0 saturated heterocycles. The number of benzene rings is 1. The third-order valence-corrected chi connectivity index (χ3v) is 7.09. The second kappa shape index (κ2) is 8.58. The topological polar surface area (TPSA) is 86.5 Å². The van der Waals surface area contributed by atoms with Crippen LogP contribution in [0.2, 0.25) is 0 Å². The number of hydrogen-bond donors (Lipinski definition) is 0. The van der Waals surface area contributed by atoms with Gasteiger partial charge in [-0.1, -0.05) is 42.1 Å². The first-order chi connectivity index (χ1) is 15.2. The number of carbonyl (C=O) groups is 1. The number of fused-ring (bicyclic) bond motifs is 2. The first-order valence-corrected chi connectivity index (χ1v) is 12.0. The van der Waals surface area contributed by atoms with Crippen molar-refractivity contribution in [2.45, 2.75) is 11.6 Å². The molecule has 1 aromatic carbocycles. The molecule has 0 unspecified atom stereocenters. The monoisotopic (exact) mass is 466 g/mol. The average molecular weight is 467 g/mol. The summed E-state index contributed by atoms with van der Waals surface area (Å²) in [5, 5.41) is 5.52. The van der Waals surface area contributed by atoms with Crippen LogP contribution in [0, 0.1) is 0 Å². The van der Waals surface area contributed by atoms with Crippen LogP contribution < -0.4 is 5.56 Å². The second-order valence-electron chi connectivity index (χ2n) is 6.47. The van der Waals surface area contributed by atoms with Crippen molar-refractivity contribution in [3.63, 3.8) is 0 Å². The molecule has 7 nitrogen and oxygen atoms in total. The van der Waals surface area contributed by atoms with Crippen LogP contribution in [0.25, 0.3) is 26.3 Å². The van der Waals surface area contributed by atoms with Crippen LogP contribution in [0.5, 0.6) is 0 Å². The Morgan fingerprint density at radius 2 is 2.03 bits per heavy atom. The van der Waals surface area contributed by atoms with E-state index in [-0.39, 0.29) is 17.9 Å². The molecule has 0 radical (unpaired) electrons. The first-order valence-electron chi connectivity index (χ1n) is 9.21. The van der Waals surface area contributed by atoms with Crippen molar-refractivity contribution in [3.8, 4) is 11.1 Å². The molecule has 5 aromatic rings. The van der Waals surface area contributed by atoms with E-state index < -0.39 is 5.97 Å². The van der Waals surface area contributed by atoms with Crippen molar-refractivity contribution in [2.24, 2.45) is 0 Å². The lowest BCUT2D eigenvalue weighted by Gasteiger charge is -2.06. The minimum absolute atomic E-state index is 0.0457. The lowest BCUT2D eigenvalue weighted by atomic mass is 10.1. The Labute approximate surface area is 188 Å². The van der Waals surface area contributed by atoms with Crippen LogP contribution in [-0.4, -0.2) is 31.1 Å². The summed E-state index contributed by atoms with van der Waals surface area (Å²) in [7, 11) is 0. The van der Waals surface area contributed by atoms with Gasteiger partial charge in [0.2, 0.25) is 0 Å². The van der Waals surface area contributed by atoms with Crippen molar-refractivity contribution in [1.29, 1.82) is 0 Å². The number of hydrogen-bond acceptors (Lipinski definition) is 9. The quantitative estimate of drug-likeness (QED) is 0.210. The van der Waals surface area contributed by atoms with Crippen LogP contribution in [-0.2, 0) is 16.1 Å². The molecular weight excluding hydrogens is 452 g/mol. The summed E-state index contributed by atoms with van der Waals surface area (Å²) in [6.45, 7) is -0.0457. The Morgan fingerprint density at radius 3 is 2.90 bits per heavy atom. The van der Waals surface area contributed by atoms with Gasteiger partial charge in [0.15, 0.2) is 4.96 Å². The molecule has 4 aromatic heterocycles. The Bertz CT molecular complexity index is 1440. The smallest absolute Gasteiger partial charge is 0.316 e. The average Bonchev–Trinajstić information content (AvgIpc) is 3.44. The van der Waals surface area contributed by atoms with E-state index in [4.69, 9.17) is 4.74 Å². The molecule has 0 fully saturated rings. The van der Waals surface area contributed by atoms with Crippen molar-refractivity contribution in [1.82, 2.24) is 19.4 Å². The lowest BCUT2D eigenvalue weighted by Crippen LogP contribution is -2.15. The molecular formula is C21H14N4O3S3. The third-order valence-electron chi connectivity index (χ3n) is 4.48. The summed E-state index contributed by atoms with van der Waals surface area (Å²) in [5.41, 5.74) is 2.36. The van der Waals surface area contributed by atoms with Gasteiger partial charge in [-0.15, -0.1) is 22.7 Å². The maximum atomic E-state index is 12.3. The number of thiazole rings is 1. The van der Waals surface area contributed by atoms with Crippen molar-refractivity contribution >= 4 is 55.6 Å². The number of rotatable bonds is 6. The first kappa shape index (κ1) is 19.9. The van der Waals surface area contributed by atoms with Gasteiger partial charge >= 0.3 is 5.97 Å². The second-order valence-corrected chi connectivity index (χ2v) is 9.16. The zero-order chi connectivity index (χ0) is 21.2. The number of thiophene rings is 1. The fourth-order valence-electron chi connectivity index (χ4n) is 3.07. The predicted molar refractivity (Wildman–Crippen MR) is 123 cm³/mol. The molecule has 0 bridgehead atoms. The maximum Gasteiger partial charge on any atom is 0.316 e. The van der Waals surface area contributed by atoms with Crippen LogP contribution >= 0.6 is 34.4 Å². The molecule has 0 amide bonds. The molecule has 0 aliphatic carbocycles. The van der Waals surface area contributed by atoms with E-state index in [1.165, 1.54) is 39.9 Å². The molecule has 0 aliphatic heterocycles. The van der Waals surface area contributed by atoms with E-state index in [0.717, 1.165) is 26.4 Å². The van der Waals surface area contributed by atoms with Gasteiger partial charge in [-0.3, -0.25) is 14.0 Å². The Kier molecular flexibility index (Phi) is 5.49. The molecule has 31 heavy (non-hydrogen) atoms. The highest BCUT2D eigenvalue weighted by Gasteiger charge is 2.15. The van der Waals surface area contributed by atoms with Crippen LogP contribution in [0.4, 0.5) is 0 Å². The fourth-order valence-corrected chi connectivity index (χ4v) is 5.60. The highest BCUT2D eigenvalue weighted by atomic mass is 32.2. The van der Waals surface area contributed by atoms with Gasteiger partial charge in [0.1, 0.15) is 22.8 Å². The normalized spacial score (nSPS) is 11.2. The molecule has 154 valence electrons. The van der Waals surface area contributed by atoms with E-state index in [2.05, 4.69) is 20.3 Å². The van der Waals surface area contributed by atoms with Gasteiger partial charge in [-0.05, 0) is 5.56 Å². The van der Waals surface area contributed by atoms with Crippen LogP contribution in [0.1, 0.15) is 5.69 Å². The fraction of sp³-hybridized carbons (Fsp3) is 0.0952. The van der Waals surface area contributed by atoms with E-state index in [9.17, 15) is 9.59 Å². The molecule has 0 saturated carbocycles. The molecule has 0 N–H and O–H groups in total. The number of esters is 1. The Balaban J connectivity index is 1.30. The summed E-state index contributed by atoms with van der Waals surface area (Å²) in [4.78, 5) is 38.9. The molecule has 10 heteroatoms. The zero-order valence-electron chi connectivity index (χ0n) is 15.9. The summed E-state index contributed by atoms with van der Waals surface area (Å²) in [6, 6.07) is 11.4. The van der Waals surface area contributed by atoms with Gasteiger partial charge < -0.3 is 4.74 Å². The van der Waals surface area contributed by atoms with Crippen molar-refractivity contribution < 1.29 is 9.53 Å². The molecule has 0 aliphatic rings. The van der Waals surface area contributed by atoms with E-state index in [1.54, 1.807) is 22.9 Å². The summed E-state index contributed by atoms with van der Waals surface area (Å²) in [5.74, 6) is -0.308. The SMILES string of the molecule is O=C(CSc1ncnc2scc(-c3ccccc3)c12)OCc1cc(=O)n2ccsc2n1. The minimum Gasteiger partial charge on any atom is -0.459 e.